The van der Waals surface area contributed by atoms with E-state index in [0.717, 1.165) is 39.0 Å². The maximum Gasteiger partial charge on any atom is 0.213 e. The molecule has 0 spiro atoms. The molecule has 3 nitrogen and oxygen atoms in total. The van der Waals surface area contributed by atoms with Crippen molar-refractivity contribution in [3.05, 3.63) is 170 Å². The Bertz CT molecular complexity index is 2720. The molecule has 0 aliphatic rings. The van der Waals surface area contributed by atoms with Crippen molar-refractivity contribution in [3.8, 4) is 33.6 Å². The zero-order valence-electron chi connectivity index (χ0n) is 25.5. The summed E-state index contributed by atoms with van der Waals surface area (Å²) in [5, 5.41) is 6.02. The summed E-state index contributed by atoms with van der Waals surface area (Å²) in [5.74, 6) is 0. The number of nitrogens with zero attached hydrogens (tertiary/aromatic N) is 2. The van der Waals surface area contributed by atoms with Crippen molar-refractivity contribution in [2.75, 3.05) is 0 Å². The van der Waals surface area contributed by atoms with Crippen LogP contribution in [0, 0.1) is 0 Å². The van der Waals surface area contributed by atoms with Crippen LogP contribution in [0.3, 0.4) is 0 Å². The van der Waals surface area contributed by atoms with E-state index in [-0.39, 0.29) is 0 Å². The molecule has 10 aromatic rings. The van der Waals surface area contributed by atoms with Crippen LogP contribution in [0.15, 0.2) is 174 Å². The molecule has 0 amide bonds. The van der Waals surface area contributed by atoms with Gasteiger partial charge < -0.3 is 8.98 Å². The third-order valence-electron chi connectivity index (χ3n) is 9.54. The fourth-order valence-corrected chi connectivity index (χ4v) is 7.39. The van der Waals surface area contributed by atoms with E-state index in [2.05, 4.69) is 173 Å². The second-order valence-electron chi connectivity index (χ2n) is 12.2. The molecule has 0 fully saturated rings. The third-order valence-corrected chi connectivity index (χ3v) is 9.54. The third kappa shape index (κ3) is 3.93. The summed E-state index contributed by atoms with van der Waals surface area (Å²) in [6, 6.07) is 60.7. The van der Waals surface area contributed by atoms with Gasteiger partial charge in [0.1, 0.15) is 5.58 Å². The highest BCUT2D eigenvalue weighted by Gasteiger charge is 2.19. The summed E-state index contributed by atoms with van der Waals surface area (Å²) in [6.45, 7) is 0. The molecule has 3 aromatic heterocycles. The van der Waals surface area contributed by atoms with E-state index >= 15 is 0 Å². The Morgan fingerprint density at radius 1 is 0.340 bits per heavy atom. The Morgan fingerprint density at radius 3 is 1.55 bits per heavy atom. The molecule has 0 aliphatic heterocycles. The number of hydrogen-bond donors (Lipinski definition) is 0. The molecule has 0 saturated carbocycles. The summed E-state index contributed by atoms with van der Waals surface area (Å²) in [5.41, 5.74) is 12.3. The van der Waals surface area contributed by atoms with Gasteiger partial charge in [0.05, 0.1) is 21.9 Å². The fourth-order valence-electron chi connectivity index (χ4n) is 7.39. The Morgan fingerprint density at radius 2 is 0.872 bits per heavy atom. The first-order valence-electron chi connectivity index (χ1n) is 16.0. The van der Waals surface area contributed by atoms with Gasteiger partial charge in [-0.3, -0.25) is 4.57 Å². The molecule has 0 bridgehead atoms. The van der Waals surface area contributed by atoms with Gasteiger partial charge in [-0.1, -0.05) is 115 Å². The second-order valence-corrected chi connectivity index (χ2v) is 12.2. The van der Waals surface area contributed by atoms with Crippen molar-refractivity contribution in [2.24, 2.45) is 0 Å². The molecule has 10 rings (SSSR count). The maximum atomic E-state index is 6.55. The normalized spacial score (nSPS) is 11.8. The van der Waals surface area contributed by atoms with Crippen LogP contribution < -0.4 is 0 Å². The molecule has 0 saturated heterocycles. The lowest BCUT2D eigenvalue weighted by Crippen LogP contribution is -1.94. The van der Waals surface area contributed by atoms with Crippen LogP contribution in [0.4, 0.5) is 0 Å². The van der Waals surface area contributed by atoms with E-state index in [1.807, 2.05) is 6.07 Å². The first-order chi connectivity index (χ1) is 23.3. The van der Waals surface area contributed by atoms with Crippen molar-refractivity contribution in [1.82, 2.24) is 9.13 Å². The van der Waals surface area contributed by atoms with Gasteiger partial charge in [0.25, 0.3) is 0 Å². The number of rotatable bonds is 4. The van der Waals surface area contributed by atoms with Gasteiger partial charge in [0, 0.05) is 32.9 Å². The minimum Gasteiger partial charge on any atom is -0.439 e. The Hall–Kier alpha value is -6.32. The monoisotopic (exact) mass is 600 g/mol. The molecular weight excluding hydrogens is 572 g/mol. The summed E-state index contributed by atoms with van der Waals surface area (Å²) >= 11 is 0. The van der Waals surface area contributed by atoms with Gasteiger partial charge in [0.2, 0.25) is 5.71 Å². The zero-order valence-corrected chi connectivity index (χ0v) is 25.5. The van der Waals surface area contributed by atoms with E-state index in [1.54, 1.807) is 0 Å². The number of hydrogen-bond acceptors (Lipinski definition) is 1. The van der Waals surface area contributed by atoms with Crippen molar-refractivity contribution in [1.29, 1.82) is 0 Å². The molecule has 0 radical (unpaired) electrons. The lowest BCUT2D eigenvalue weighted by atomic mass is 9.98. The topological polar surface area (TPSA) is 23.0 Å². The van der Waals surface area contributed by atoms with Gasteiger partial charge in [-0.05, 0) is 76.9 Å². The van der Waals surface area contributed by atoms with Crippen LogP contribution in [-0.2, 0) is 0 Å². The van der Waals surface area contributed by atoms with Crippen molar-refractivity contribution >= 4 is 54.8 Å². The lowest BCUT2D eigenvalue weighted by molar-refractivity contribution is 0.645. The van der Waals surface area contributed by atoms with Gasteiger partial charge in [-0.15, -0.1) is 0 Å². The van der Waals surface area contributed by atoms with Crippen LogP contribution in [0.1, 0.15) is 0 Å². The fraction of sp³-hybridized carbons (Fsp3) is 0. The second kappa shape index (κ2) is 10.1. The highest BCUT2D eigenvalue weighted by molar-refractivity contribution is 6.20. The first-order valence-corrected chi connectivity index (χ1v) is 16.0. The van der Waals surface area contributed by atoms with Crippen molar-refractivity contribution < 1.29 is 4.42 Å². The largest absolute Gasteiger partial charge is 0.439 e. The summed E-state index contributed by atoms with van der Waals surface area (Å²) in [4.78, 5) is 0. The predicted molar refractivity (Wildman–Crippen MR) is 196 cm³/mol. The molecule has 220 valence electrons. The molecule has 0 aliphatic carbocycles. The number of benzene rings is 7. The maximum absolute atomic E-state index is 6.55. The van der Waals surface area contributed by atoms with Crippen LogP contribution in [0.5, 0.6) is 0 Å². The van der Waals surface area contributed by atoms with Crippen LogP contribution in [0.2, 0.25) is 0 Å². The molecule has 0 atom stereocenters. The molecule has 0 N–H and O–H groups in total. The van der Waals surface area contributed by atoms with Crippen molar-refractivity contribution in [2.45, 2.75) is 0 Å². The molecule has 3 heterocycles. The first kappa shape index (κ1) is 26.0. The predicted octanol–water partition coefficient (Wildman–Crippen LogP) is 12.0. The van der Waals surface area contributed by atoms with E-state index < -0.39 is 0 Å². The molecule has 3 heteroatoms. The van der Waals surface area contributed by atoms with Crippen LogP contribution in [0.25, 0.3) is 88.4 Å². The standard InChI is InChI=1S/C44H28N2O/c1-2-12-33(13-3-1)46-41-20-9-6-17-37(41)43-38-28-32(25-26-42(38)47-44(43)46)30-23-21-29(22-24-30)31-11-10-14-34(27-31)45-39-18-7-4-15-35(39)36-16-5-8-19-40(36)45/h1-28H. The molecular formula is C44H28N2O. The van der Waals surface area contributed by atoms with Gasteiger partial charge in [0.15, 0.2) is 0 Å². The minimum absolute atomic E-state index is 0.878. The highest BCUT2D eigenvalue weighted by atomic mass is 16.3. The smallest absolute Gasteiger partial charge is 0.213 e. The Kier molecular flexibility index (Phi) is 5.57. The van der Waals surface area contributed by atoms with E-state index in [1.165, 1.54) is 49.4 Å². The summed E-state index contributed by atoms with van der Waals surface area (Å²) in [7, 11) is 0. The van der Waals surface area contributed by atoms with Gasteiger partial charge in [-0.25, -0.2) is 0 Å². The van der Waals surface area contributed by atoms with Crippen LogP contribution >= 0.6 is 0 Å². The average Bonchev–Trinajstić information content (AvgIpc) is 3.79. The number of fused-ring (bicyclic) bond motifs is 8. The highest BCUT2D eigenvalue weighted by Crippen LogP contribution is 2.40. The molecule has 7 aromatic carbocycles. The van der Waals surface area contributed by atoms with Gasteiger partial charge in [-0.2, -0.15) is 0 Å². The molecule has 47 heavy (non-hydrogen) atoms. The summed E-state index contributed by atoms with van der Waals surface area (Å²) < 4.78 is 11.1. The van der Waals surface area contributed by atoms with E-state index in [4.69, 9.17) is 4.42 Å². The SMILES string of the molecule is c1ccc(-n2c3ccccc3c3c4cc(-c5ccc(-c6cccc(-n7c8ccccc8c8ccccc87)c6)cc5)ccc4oc32)cc1. The van der Waals surface area contributed by atoms with Crippen molar-refractivity contribution in [3.63, 3.8) is 0 Å². The zero-order chi connectivity index (χ0) is 30.9. The Balaban J connectivity index is 1.06. The van der Waals surface area contributed by atoms with E-state index in [0.29, 0.717) is 0 Å². The van der Waals surface area contributed by atoms with Crippen LogP contribution in [-0.4, -0.2) is 9.13 Å². The average molecular weight is 601 g/mol. The quantitative estimate of drug-likeness (QED) is 0.197. The number of para-hydroxylation sites is 4. The van der Waals surface area contributed by atoms with Gasteiger partial charge >= 0.3 is 0 Å². The minimum atomic E-state index is 0.878. The Labute approximate surface area is 271 Å². The number of aromatic nitrogens is 2. The summed E-state index contributed by atoms with van der Waals surface area (Å²) in [6.07, 6.45) is 0. The lowest BCUT2D eigenvalue weighted by Gasteiger charge is -2.11. The number of furan rings is 1. The molecule has 0 unspecified atom stereocenters. The van der Waals surface area contributed by atoms with E-state index in [9.17, 15) is 0 Å².